The van der Waals surface area contributed by atoms with Crippen LogP contribution in [0.25, 0.3) is 11.2 Å². The molecule has 0 bridgehead atoms. The summed E-state index contributed by atoms with van der Waals surface area (Å²) in [6.07, 6.45) is 2.97. The minimum Gasteiger partial charge on any atom is -0.371 e. The van der Waals surface area contributed by atoms with E-state index in [1.54, 1.807) is 17.9 Å². The maximum Gasteiger partial charge on any atom is 0.280 e. The summed E-state index contributed by atoms with van der Waals surface area (Å²) < 4.78 is 36.3. The van der Waals surface area contributed by atoms with Crippen LogP contribution in [0.3, 0.4) is 0 Å². The van der Waals surface area contributed by atoms with Crippen LogP contribution in [0.2, 0.25) is 0 Å². The van der Waals surface area contributed by atoms with E-state index in [2.05, 4.69) is 20.1 Å². The molecule has 1 aliphatic heterocycles. The van der Waals surface area contributed by atoms with Crippen LogP contribution >= 0.6 is 0 Å². The number of benzene rings is 1. The van der Waals surface area contributed by atoms with Gasteiger partial charge in [-0.15, -0.1) is 0 Å². The topological polar surface area (TPSA) is 94.9 Å². The Kier molecular flexibility index (Phi) is 3.99. The molecule has 1 saturated heterocycles. The number of hydrogen-bond acceptors (Lipinski definition) is 7. The Balaban J connectivity index is 1.16. The highest BCUT2D eigenvalue weighted by Gasteiger charge is 2.58. The molecule has 4 heterocycles. The normalized spacial score (nSPS) is 22.0. The summed E-state index contributed by atoms with van der Waals surface area (Å²) in [6.45, 7) is 2.91. The maximum absolute atomic E-state index is 13.9. The van der Waals surface area contributed by atoms with Gasteiger partial charge in [0.1, 0.15) is 24.5 Å². The lowest BCUT2D eigenvalue weighted by atomic mass is 10.1. The number of anilines is 1. The Morgan fingerprint density at radius 1 is 1.12 bits per heavy atom. The summed E-state index contributed by atoms with van der Waals surface area (Å²) in [5.41, 5.74) is 1.16. The van der Waals surface area contributed by atoms with Crippen LogP contribution in [-0.4, -0.2) is 42.3 Å². The van der Waals surface area contributed by atoms with E-state index in [4.69, 9.17) is 4.52 Å². The number of aryl methyl sites for hydroxylation is 1. The fraction of sp³-hybridized carbons (Fsp3) is 0.381. The highest BCUT2D eigenvalue weighted by atomic mass is 19.1. The molecule has 1 aliphatic carbocycles. The van der Waals surface area contributed by atoms with Crippen molar-refractivity contribution in [1.29, 1.82) is 0 Å². The van der Waals surface area contributed by atoms with Crippen LogP contribution < -0.4 is 10.5 Å². The Morgan fingerprint density at radius 2 is 1.81 bits per heavy atom. The molecule has 1 aromatic carbocycles. The zero-order chi connectivity index (χ0) is 22.1. The van der Waals surface area contributed by atoms with Gasteiger partial charge < -0.3 is 14.0 Å². The van der Waals surface area contributed by atoms with E-state index < -0.39 is 11.6 Å². The lowest BCUT2D eigenvalue weighted by Crippen LogP contribution is -2.24. The first-order valence-electron chi connectivity index (χ1n) is 10.3. The van der Waals surface area contributed by atoms with Crippen molar-refractivity contribution in [3.05, 3.63) is 64.1 Å². The molecule has 0 N–H and O–H groups in total. The van der Waals surface area contributed by atoms with Crippen LogP contribution in [0, 0.1) is 30.4 Å². The van der Waals surface area contributed by atoms with Crippen molar-refractivity contribution in [2.24, 2.45) is 18.9 Å². The second kappa shape index (κ2) is 6.68. The van der Waals surface area contributed by atoms with Crippen molar-refractivity contribution >= 4 is 16.9 Å². The van der Waals surface area contributed by atoms with Crippen LogP contribution in [0.5, 0.6) is 0 Å². The van der Waals surface area contributed by atoms with E-state index in [0.717, 1.165) is 0 Å². The Labute approximate surface area is 180 Å². The summed E-state index contributed by atoms with van der Waals surface area (Å²) in [7, 11) is 1.74. The van der Waals surface area contributed by atoms with E-state index in [1.165, 1.54) is 30.0 Å². The SMILES string of the molecule is Cc1c(F)cc(N2C[C@@H]3C(c4noc(Cn5cnc6ncn(C)c6c5=O)n4)[C@@H]3C2)cc1F. The minimum atomic E-state index is -0.533. The lowest BCUT2D eigenvalue weighted by molar-refractivity contribution is 0.363. The van der Waals surface area contributed by atoms with Crippen LogP contribution in [0.4, 0.5) is 14.5 Å². The largest absolute Gasteiger partial charge is 0.371 e. The van der Waals surface area contributed by atoms with Gasteiger partial charge in [-0.1, -0.05) is 5.16 Å². The molecule has 1 unspecified atom stereocenters. The molecule has 32 heavy (non-hydrogen) atoms. The minimum absolute atomic E-state index is 0.0344. The number of aromatic nitrogens is 6. The van der Waals surface area contributed by atoms with Gasteiger partial charge in [0.25, 0.3) is 5.56 Å². The van der Waals surface area contributed by atoms with Gasteiger partial charge in [0.2, 0.25) is 5.89 Å². The van der Waals surface area contributed by atoms with Crippen molar-refractivity contribution in [2.45, 2.75) is 19.4 Å². The van der Waals surface area contributed by atoms with Gasteiger partial charge in [-0.3, -0.25) is 9.36 Å². The molecule has 3 atom stereocenters. The Morgan fingerprint density at radius 3 is 2.53 bits per heavy atom. The van der Waals surface area contributed by atoms with Crippen LogP contribution in [0.15, 0.2) is 34.1 Å². The monoisotopic (exact) mass is 439 g/mol. The zero-order valence-corrected chi connectivity index (χ0v) is 17.4. The predicted octanol–water partition coefficient (Wildman–Crippen LogP) is 2.00. The molecule has 1 saturated carbocycles. The van der Waals surface area contributed by atoms with E-state index in [9.17, 15) is 13.6 Å². The summed E-state index contributed by atoms with van der Waals surface area (Å²) in [4.78, 5) is 27.4. The number of halogens is 2. The summed E-state index contributed by atoms with van der Waals surface area (Å²) in [5.74, 6) is 0.640. The summed E-state index contributed by atoms with van der Waals surface area (Å²) in [5, 5.41) is 4.12. The van der Waals surface area contributed by atoms with E-state index in [1.807, 2.05) is 4.90 Å². The van der Waals surface area contributed by atoms with Crippen molar-refractivity contribution in [3.63, 3.8) is 0 Å². The third-order valence-electron chi connectivity index (χ3n) is 6.61. The highest BCUT2D eigenvalue weighted by molar-refractivity contribution is 5.68. The second-order valence-electron chi connectivity index (χ2n) is 8.54. The van der Waals surface area contributed by atoms with Gasteiger partial charge >= 0.3 is 0 Å². The van der Waals surface area contributed by atoms with Crippen molar-refractivity contribution in [2.75, 3.05) is 18.0 Å². The molecule has 0 spiro atoms. The predicted molar refractivity (Wildman–Crippen MR) is 109 cm³/mol. The van der Waals surface area contributed by atoms with E-state index in [0.29, 0.717) is 53.5 Å². The van der Waals surface area contributed by atoms with Crippen LogP contribution in [0.1, 0.15) is 23.2 Å². The molecule has 11 heteroatoms. The van der Waals surface area contributed by atoms with Gasteiger partial charge in [0, 0.05) is 37.3 Å². The van der Waals surface area contributed by atoms with Gasteiger partial charge in [-0.05, 0) is 30.9 Å². The number of rotatable bonds is 4. The number of fused-ring (bicyclic) bond motifs is 2. The first kappa shape index (κ1) is 19.1. The van der Waals surface area contributed by atoms with Crippen molar-refractivity contribution < 1.29 is 13.3 Å². The number of nitrogens with zero attached hydrogens (tertiary/aromatic N) is 7. The molecule has 6 rings (SSSR count). The maximum atomic E-state index is 13.9. The second-order valence-corrected chi connectivity index (χ2v) is 8.54. The average molecular weight is 439 g/mol. The third-order valence-corrected chi connectivity index (χ3v) is 6.61. The molecular weight excluding hydrogens is 420 g/mol. The number of hydrogen-bond donors (Lipinski definition) is 0. The first-order valence-corrected chi connectivity index (χ1v) is 10.3. The Bertz CT molecular complexity index is 1390. The molecule has 2 fully saturated rings. The molecule has 4 aromatic rings. The van der Waals surface area contributed by atoms with E-state index in [-0.39, 0.29) is 23.6 Å². The zero-order valence-electron chi connectivity index (χ0n) is 17.4. The third kappa shape index (κ3) is 2.84. The summed E-state index contributed by atoms with van der Waals surface area (Å²) in [6, 6.07) is 2.77. The smallest absolute Gasteiger partial charge is 0.280 e. The van der Waals surface area contributed by atoms with Gasteiger partial charge in [-0.2, -0.15) is 4.98 Å². The van der Waals surface area contributed by atoms with E-state index >= 15 is 0 Å². The molecule has 164 valence electrons. The Hall–Kier alpha value is -3.63. The number of piperidine rings is 1. The fourth-order valence-corrected chi connectivity index (χ4v) is 4.73. The summed E-state index contributed by atoms with van der Waals surface area (Å²) >= 11 is 0. The molecule has 0 radical (unpaired) electrons. The van der Waals surface area contributed by atoms with Crippen LogP contribution in [-0.2, 0) is 13.6 Å². The average Bonchev–Trinajstić information content (AvgIpc) is 3.19. The van der Waals surface area contributed by atoms with Crippen molar-refractivity contribution in [3.8, 4) is 0 Å². The molecule has 9 nitrogen and oxygen atoms in total. The molecule has 3 aromatic heterocycles. The fourth-order valence-electron chi connectivity index (χ4n) is 4.73. The van der Waals surface area contributed by atoms with Gasteiger partial charge in [0.15, 0.2) is 17.0 Å². The first-order chi connectivity index (χ1) is 15.4. The van der Waals surface area contributed by atoms with Crippen molar-refractivity contribution in [1.82, 2.24) is 29.2 Å². The van der Waals surface area contributed by atoms with Gasteiger partial charge in [0.05, 0.1) is 6.33 Å². The van der Waals surface area contributed by atoms with Gasteiger partial charge in [-0.25, -0.2) is 18.7 Å². The lowest BCUT2D eigenvalue weighted by Gasteiger charge is -2.22. The molecule has 0 amide bonds. The number of imidazole rings is 1. The molecule has 2 aliphatic rings. The molecular formula is C21H19F2N7O2. The standard InChI is InChI=1S/C21H19F2N7O2/c1-10-14(22)3-11(4-15(10)23)29-5-12-13(6-29)17(12)19-26-16(32-27-19)7-30-9-25-20-18(21(30)31)28(2)8-24-20/h3-4,8-9,12-13,17H,5-7H2,1-2H3/t12-,13+,17?. The highest BCUT2D eigenvalue weighted by Crippen LogP contribution is 2.58. The quantitative estimate of drug-likeness (QED) is 0.480.